The number of rotatable bonds is 3. The van der Waals surface area contributed by atoms with Gasteiger partial charge in [-0.1, -0.05) is 0 Å². The Kier molecular flexibility index (Phi) is 6.68. The van der Waals surface area contributed by atoms with Crippen LogP contribution in [0, 0.1) is 0 Å². The summed E-state index contributed by atoms with van der Waals surface area (Å²) in [5.74, 6) is 0.982. The maximum absolute atomic E-state index is 6.09. The first-order valence-electron chi connectivity index (χ1n) is 8.81. The van der Waals surface area contributed by atoms with Gasteiger partial charge in [0.25, 0.3) is 0 Å². The third-order valence-electron chi connectivity index (χ3n) is 4.30. The highest BCUT2D eigenvalue weighted by Crippen LogP contribution is 2.20. The molecule has 1 unspecified atom stereocenters. The van der Waals surface area contributed by atoms with Crippen molar-refractivity contribution >= 4 is 5.96 Å². The molecule has 0 bridgehead atoms. The highest BCUT2D eigenvalue weighted by molar-refractivity contribution is 5.80. The van der Waals surface area contributed by atoms with Gasteiger partial charge < -0.3 is 24.6 Å². The van der Waals surface area contributed by atoms with Crippen LogP contribution in [-0.2, 0) is 9.47 Å². The second-order valence-corrected chi connectivity index (χ2v) is 7.60. The van der Waals surface area contributed by atoms with E-state index >= 15 is 0 Å². The first kappa shape index (κ1) is 18.5. The Balaban J connectivity index is 1.74. The number of hydrogen-bond acceptors (Lipinski definition) is 4. The normalized spacial score (nSPS) is 25.7. The van der Waals surface area contributed by atoms with Gasteiger partial charge in [0, 0.05) is 39.8 Å². The van der Waals surface area contributed by atoms with Gasteiger partial charge in [-0.15, -0.1) is 0 Å². The van der Waals surface area contributed by atoms with Crippen LogP contribution < -0.4 is 5.32 Å². The molecule has 0 aromatic carbocycles. The van der Waals surface area contributed by atoms with E-state index in [0.717, 1.165) is 58.1 Å². The number of guanidine groups is 1. The number of aliphatic imine (C=N–C) groups is 1. The molecule has 2 rings (SSSR count). The SMILES string of the molecule is CN=C(NCC1CN(C)CCO1)N1CCC(OC(C)(C)C)CC1. The van der Waals surface area contributed by atoms with E-state index in [1.165, 1.54) is 0 Å². The van der Waals surface area contributed by atoms with E-state index in [4.69, 9.17) is 9.47 Å². The Labute approximate surface area is 141 Å². The van der Waals surface area contributed by atoms with Crippen LogP contribution in [0.1, 0.15) is 33.6 Å². The van der Waals surface area contributed by atoms with E-state index in [1.54, 1.807) is 0 Å². The maximum atomic E-state index is 6.09. The molecule has 2 heterocycles. The average Bonchev–Trinajstić information content (AvgIpc) is 2.48. The lowest BCUT2D eigenvalue weighted by Gasteiger charge is -2.37. The average molecular weight is 326 g/mol. The fourth-order valence-electron chi connectivity index (χ4n) is 3.21. The monoisotopic (exact) mass is 326 g/mol. The van der Waals surface area contributed by atoms with E-state index in [9.17, 15) is 0 Å². The molecular weight excluding hydrogens is 292 g/mol. The van der Waals surface area contributed by atoms with Crippen molar-refractivity contribution in [2.24, 2.45) is 4.99 Å². The number of ether oxygens (including phenoxy) is 2. The van der Waals surface area contributed by atoms with Crippen LogP contribution in [0.3, 0.4) is 0 Å². The molecule has 2 saturated heterocycles. The van der Waals surface area contributed by atoms with Gasteiger partial charge in [0.2, 0.25) is 0 Å². The largest absolute Gasteiger partial charge is 0.374 e. The van der Waals surface area contributed by atoms with Crippen molar-refractivity contribution in [3.8, 4) is 0 Å². The second-order valence-electron chi connectivity index (χ2n) is 7.60. The quantitative estimate of drug-likeness (QED) is 0.623. The van der Waals surface area contributed by atoms with Crippen molar-refractivity contribution in [3.05, 3.63) is 0 Å². The standard InChI is InChI=1S/C17H34N4O2/c1-17(2,3)23-14-6-8-21(9-7-14)16(18-4)19-12-15-13-20(5)10-11-22-15/h14-15H,6-13H2,1-5H3,(H,18,19). The molecule has 0 radical (unpaired) electrons. The van der Waals surface area contributed by atoms with Crippen molar-refractivity contribution in [2.45, 2.75) is 51.4 Å². The summed E-state index contributed by atoms with van der Waals surface area (Å²) in [4.78, 5) is 9.08. The molecule has 23 heavy (non-hydrogen) atoms. The Bertz CT molecular complexity index is 387. The summed E-state index contributed by atoms with van der Waals surface area (Å²) in [6.45, 7) is 12.0. The zero-order valence-electron chi connectivity index (χ0n) is 15.5. The van der Waals surface area contributed by atoms with Gasteiger partial charge >= 0.3 is 0 Å². The summed E-state index contributed by atoms with van der Waals surface area (Å²) in [5, 5.41) is 3.48. The zero-order valence-corrected chi connectivity index (χ0v) is 15.5. The molecule has 0 aromatic heterocycles. The Morgan fingerprint density at radius 2 is 1.96 bits per heavy atom. The van der Waals surface area contributed by atoms with E-state index in [1.807, 2.05) is 7.05 Å². The van der Waals surface area contributed by atoms with Crippen molar-refractivity contribution in [1.82, 2.24) is 15.1 Å². The molecule has 0 saturated carbocycles. The predicted octanol–water partition coefficient (Wildman–Crippen LogP) is 1.17. The molecule has 0 spiro atoms. The summed E-state index contributed by atoms with van der Waals surface area (Å²) in [5.41, 5.74) is -0.0584. The van der Waals surface area contributed by atoms with Gasteiger partial charge in [-0.2, -0.15) is 0 Å². The zero-order chi connectivity index (χ0) is 16.9. The number of likely N-dealkylation sites (tertiary alicyclic amines) is 1. The van der Waals surface area contributed by atoms with Gasteiger partial charge in [-0.3, -0.25) is 4.99 Å². The van der Waals surface area contributed by atoms with Crippen LogP contribution in [0.25, 0.3) is 0 Å². The van der Waals surface area contributed by atoms with Crippen LogP contribution >= 0.6 is 0 Å². The molecule has 6 nitrogen and oxygen atoms in total. The Morgan fingerprint density at radius 1 is 1.26 bits per heavy atom. The lowest BCUT2D eigenvalue weighted by molar-refractivity contribution is -0.0773. The summed E-state index contributed by atoms with van der Waals surface area (Å²) in [6, 6.07) is 0. The van der Waals surface area contributed by atoms with Crippen molar-refractivity contribution in [2.75, 3.05) is 53.4 Å². The molecule has 2 aliphatic rings. The number of morpholine rings is 1. The first-order valence-corrected chi connectivity index (χ1v) is 8.81. The lowest BCUT2D eigenvalue weighted by Crippen LogP contribution is -2.51. The van der Waals surface area contributed by atoms with Gasteiger partial charge in [0.1, 0.15) is 0 Å². The lowest BCUT2D eigenvalue weighted by atomic mass is 10.1. The first-order chi connectivity index (χ1) is 10.9. The minimum atomic E-state index is -0.0584. The summed E-state index contributed by atoms with van der Waals surface area (Å²) < 4.78 is 11.9. The second kappa shape index (κ2) is 8.31. The predicted molar refractivity (Wildman–Crippen MR) is 94.0 cm³/mol. The summed E-state index contributed by atoms with van der Waals surface area (Å²) in [7, 11) is 4.00. The highest BCUT2D eigenvalue weighted by Gasteiger charge is 2.26. The third-order valence-corrected chi connectivity index (χ3v) is 4.30. The molecule has 6 heteroatoms. The van der Waals surface area contributed by atoms with Crippen LogP contribution in [0.4, 0.5) is 0 Å². The summed E-state index contributed by atoms with van der Waals surface area (Å²) >= 11 is 0. The smallest absolute Gasteiger partial charge is 0.193 e. The Morgan fingerprint density at radius 3 is 2.52 bits per heavy atom. The minimum Gasteiger partial charge on any atom is -0.374 e. The fourth-order valence-corrected chi connectivity index (χ4v) is 3.21. The number of nitrogens with zero attached hydrogens (tertiary/aromatic N) is 3. The molecular formula is C17H34N4O2. The molecule has 1 N–H and O–H groups in total. The van der Waals surface area contributed by atoms with Gasteiger partial charge in [-0.25, -0.2) is 0 Å². The molecule has 134 valence electrons. The van der Waals surface area contributed by atoms with Gasteiger partial charge in [0.05, 0.1) is 24.4 Å². The minimum absolute atomic E-state index is 0.0584. The third kappa shape index (κ3) is 6.28. The molecule has 2 fully saturated rings. The Hall–Kier alpha value is -0.850. The molecule has 1 atom stereocenters. The van der Waals surface area contributed by atoms with E-state index in [0.29, 0.717) is 6.10 Å². The van der Waals surface area contributed by atoms with Gasteiger partial charge in [-0.05, 0) is 40.7 Å². The van der Waals surface area contributed by atoms with Crippen molar-refractivity contribution in [3.63, 3.8) is 0 Å². The van der Waals surface area contributed by atoms with E-state index < -0.39 is 0 Å². The number of hydrogen-bond donors (Lipinski definition) is 1. The topological polar surface area (TPSA) is 49.3 Å². The van der Waals surface area contributed by atoms with E-state index in [2.05, 4.69) is 47.9 Å². The molecule has 0 aliphatic carbocycles. The number of piperidine rings is 1. The van der Waals surface area contributed by atoms with Crippen LogP contribution in [0.2, 0.25) is 0 Å². The van der Waals surface area contributed by atoms with Crippen LogP contribution in [0.5, 0.6) is 0 Å². The number of likely N-dealkylation sites (N-methyl/N-ethyl adjacent to an activating group) is 1. The highest BCUT2D eigenvalue weighted by atomic mass is 16.5. The van der Waals surface area contributed by atoms with Gasteiger partial charge in [0.15, 0.2) is 5.96 Å². The maximum Gasteiger partial charge on any atom is 0.193 e. The molecule has 2 aliphatic heterocycles. The molecule has 0 aromatic rings. The molecule has 0 amide bonds. The van der Waals surface area contributed by atoms with Crippen LogP contribution in [-0.4, -0.2) is 87.0 Å². The van der Waals surface area contributed by atoms with E-state index in [-0.39, 0.29) is 11.7 Å². The van der Waals surface area contributed by atoms with Crippen molar-refractivity contribution < 1.29 is 9.47 Å². The fraction of sp³-hybridized carbons (Fsp3) is 0.941. The number of nitrogens with one attached hydrogen (secondary N) is 1. The van der Waals surface area contributed by atoms with Crippen molar-refractivity contribution in [1.29, 1.82) is 0 Å². The van der Waals surface area contributed by atoms with Crippen LogP contribution in [0.15, 0.2) is 4.99 Å². The summed E-state index contributed by atoms with van der Waals surface area (Å²) in [6.07, 6.45) is 2.72.